The number of hydrogen-bond donors (Lipinski definition) is 0. The molecule has 0 atom stereocenters. The van der Waals surface area contributed by atoms with Gasteiger partial charge in [0.15, 0.2) is 0 Å². The van der Waals surface area contributed by atoms with E-state index in [9.17, 15) is 0 Å². The predicted molar refractivity (Wildman–Crippen MR) is 69.9 cm³/mol. The van der Waals surface area contributed by atoms with E-state index in [1.54, 1.807) is 0 Å². The van der Waals surface area contributed by atoms with Crippen molar-refractivity contribution in [3.63, 3.8) is 0 Å². The Balaban J connectivity index is 1.54. The van der Waals surface area contributed by atoms with Crippen molar-refractivity contribution in [2.24, 2.45) is 5.41 Å². The molecule has 0 radical (unpaired) electrons. The second-order valence-corrected chi connectivity index (χ2v) is 5.55. The lowest BCUT2D eigenvalue weighted by Crippen LogP contribution is -2.58. The molecule has 4 rings (SSSR count). The number of pyridine rings is 1. The molecule has 2 aliphatic heterocycles. The molecule has 2 fully saturated rings. The first-order chi connectivity index (χ1) is 8.85. The molecule has 0 saturated carbocycles. The van der Waals surface area contributed by atoms with E-state index in [4.69, 9.17) is 4.74 Å². The zero-order valence-corrected chi connectivity index (χ0v) is 10.4. The summed E-state index contributed by atoms with van der Waals surface area (Å²) in [5, 5.41) is 0. The minimum absolute atomic E-state index is 0.528. The van der Waals surface area contributed by atoms with Gasteiger partial charge in [-0.15, -0.1) is 0 Å². The van der Waals surface area contributed by atoms with Gasteiger partial charge in [0.25, 0.3) is 0 Å². The van der Waals surface area contributed by atoms with Crippen molar-refractivity contribution in [2.75, 3.05) is 31.2 Å². The van der Waals surface area contributed by atoms with Gasteiger partial charge in [-0.2, -0.15) is 0 Å². The number of nitrogens with zero attached hydrogens (tertiary/aromatic N) is 3. The molecule has 2 aromatic rings. The standard InChI is InChI=1S/C14H17N3O/c1-5-16-6-4-15-13(16)9-12(1)17-10-14(11-17)2-7-18-8-3-14/h1,4-6,9H,2-3,7-8,10-11H2. The van der Waals surface area contributed by atoms with Crippen LogP contribution < -0.4 is 4.90 Å². The Hall–Kier alpha value is -1.55. The van der Waals surface area contributed by atoms with E-state index in [0.717, 1.165) is 18.9 Å². The third kappa shape index (κ3) is 1.52. The fourth-order valence-electron chi connectivity index (χ4n) is 3.16. The van der Waals surface area contributed by atoms with Gasteiger partial charge in [0.2, 0.25) is 0 Å². The highest BCUT2D eigenvalue weighted by Gasteiger charge is 2.43. The SMILES string of the molecule is c1cn2ccc(N3CC4(CCOCC4)C3)cc2n1. The van der Waals surface area contributed by atoms with Gasteiger partial charge in [-0.05, 0) is 18.9 Å². The van der Waals surface area contributed by atoms with Crippen LogP contribution in [0.2, 0.25) is 0 Å². The molecule has 18 heavy (non-hydrogen) atoms. The van der Waals surface area contributed by atoms with Crippen molar-refractivity contribution in [3.05, 3.63) is 30.7 Å². The van der Waals surface area contributed by atoms with Crippen molar-refractivity contribution in [1.29, 1.82) is 0 Å². The van der Waals surface area contributed by atoms with Gasteiger partial charge in [0.05, 0.1) is 0 Å². The molecule has 0 N–H and O–H groups in total. The molecule has 4 heterocycles. The molecule has 2 aromatic heterocycles. The zero-order valence-electron chi connectivity index (χ0n) is 10.4. The first-order valence-corrected chi connectivity index (χ1v) is 6.60. The molecule has 4 nitrogen and oxygen atoms in total. The van der Waals surface area contributed by atoms with Crippen LogP contribution in [-0.2, 0) is 4.74 Å². The molecule has 0 unspecified atom stereocenters. The molecule has 0 aliphatic carbocycles. The molecule has 0 aromatic carbocycles. The normalized spacial score (nSPS) is 22.3. The average molecular weight is 243 g/mol. The third-order valence-corrected chi connectivity index (χ3v) is 4.35. The van der Waals surface area contributed by atoms with Crippen LogP contribution >= 0.6 is 0 Å². The second kappa shape index (κ2) is 3.72. The predicted octanol–water partition coefficient (Wildman–Crippen LogP) is 1.95. The van der Waals surface area contributed by atoms with E-state index in [-0.39, 0.29) is 0 Å². The van der Waals surface area contributed by atoms with Gasteiger partial charge in [-0.1, -0.05) is 0 Å². The Morgan fingerprint density at radius 2 is 2.00 bits per heavy atom. The lowest BCUT2D eigenvalue weighted by atomic mass is 9.73. The summed E-state index contributed by atoms with van der Waals surface area (Å²) in [5.41, 5.74) is 2.85. The van der Waals surface area contributed by atoms with E-state index in [1.807, 2.05) is 16.8 Å². The van der Waals surface area contributed by atoms with E-state index < -0.39 is 0 Å². The maximum atomic E-state index is 5.46. The monoisotopic (exact) mass is 243 g/mol. The van der Waals surface area contributed by atoms with Crippen LogP contribution in [0.15, 0.2) is 30.7 Å². The van der Waals surface area contributed by atoms with Gasteiger partial charge >= 0.3 is 0 Å². The minimum Gasteiger partial charge on any atom is -0.381 e. The van der Waals surface area contributed by atoms with Crippen LogP contribution in [0, 0.1) is 5.41 Å². The summed E-state index contributed by atoms with van der Waals surface area (Å²) in [6, 6.07) is 4.35. The quantitative estimate of drug-likeness (QED) is 0.766. The van der Waals surface area contributed by atoms with E-state index in [2.05, 4.69) is 28.2 Å². The number of anilines is 1. The minimum atomic E-state index is 0.528. The highest BCUT2D eigenvalue weighted by Crippen LogP contribution is 2.42. The maximum Gasteiger partial charge on any atom is 0.138 e. The highest BCUT2D eigenvalue weighted by atomic mass is 16.5. The van der Waals surface area contributed by atoms with Crippen LogP contribution in [-0.4, -0.2) is 35.7 Å². The Labute approximate surface area is 106 Å². The smallest absolute Gasteiger partial charge is 0.138 e. The summed E-state index contributed by atoms with van der Waals surface area (Å²) in [7, 11) is 0. The summed E-state index contributed by atoms with van der Waals surface area (Å²) >= 11 is 0. The molecule has 94 valence electrons. The maximum absolute atomic E-state index is 5.46. The molecule has 1 spiro atoms. The number of fused-ring (bicyclic) bond motifs is 1. The fraction of sp³-hybridized carbons (Fsp3) is 0.500. The van der Waals surface area contributed by atoms with Crippen LogP contribution in [0.1, 0.15) is 12.8 Å². The molecule has 2 aliphatic rings. The van der Waals surface area contributed by atoms with E-state index in [0.29, 0.717) is 5.41 Å². The summed E-state index contributed by atoms with van der Waals surface area (Å²) in [5.74, 6) is 0. The Morgan fingerprint density at radius 1 is 1.17 bits per heavy atom. The van der Waals surface area contributed by atoms with Gasteiger partial charge in [-0.25, -0.2) is 4.98 Å². The van der Waals surface area contributed by atoms with Crippen LogP contribution in [0.3, 0.4) is 0 Å². The van der Waals surface area contributed by atoms with Crippen LogP contribution in [0.5, 0.6) is 0 Å². The topological polar surface area (TPSA) is 29.8 Å². The third-order valence-electron chi connectivity index (χ3n) is 4.35. The number of aromatic nitrogens is 2. The lowest BCUT2D eigenvalue weighted by Gasteiger charge is -2.53. The Bertz CT molecular complexity index is 563. The van der Waals surface area contributed by atoms with Gasteiger partial charge < -0.3 is 14.0 Å². The number of hydrogen-bond acceptors (Lipinski definition) is 3. The number of imidazole rings is 1. The van der Waals surface area contributed by atoms with Crippen molar-refractivity contribution in [3.8, 4) is 0 Å². The lowest BCUT2D eigenvalue weighted by molar-refractivity contribution is -0.000190. The Kier molecular flexibility index (Phi) is 2.14. The molecular weight excluding hydrogens is 226 g/mol. The van der Waals surface area contributed by atoms with Crippen molar-refractivity contribution in [2.45, 2.75) is 12.8 Å². The first-order valence-electron chi connectivity index (χ1n) is 6.60. The summed E-state index contributed by atoms with van der Waals surface area (Å²) in [4.78, 5) is 6.80. The molecular formula is C14H17N3O. The number of rotatable bonds is 1. The molecule has 2 saturated heterocycles. The van der Waals surface area contributed by atoms with Gasteiger partial charge in [0.1, 0.15) is 5.65 Å². The zero-order chi connectivity index (χ0) is 12.0. The second-order valence-electron chi connectivity index (χ2n) is 5.55. The first kappa shape index (κ1) is 10.4. The van der Waals surface area contributed by atoms with Crippen molar-refractivity contribution in [1.82, 2.24) is 9.38 Å². The van der Waals surface area contributed by atoms with Gasteiger partial charge in [0, 0.05) is 62.1 Å². The summed E-state index contributed by atoms with van der Waals surface area (Å²) < 4.78 is 7.51. The van der Waals surface area contributed by atoms with Gasteiger partial charge in [-0.3, -0.25) is 0 Å². The van der Waals surface area contributed by atoms with E-state index >= 15 is 0 Å². The largest absolute Gasteiger partial charge is 0.381 e. The van der Waals surface area contributed by atoms with Crippen LogP contribution in [0.25, 0.3) is 5.65 Å². The van der Waals surface area contributed by atoms with Crippen molar-refractivity contribution >= 4 is 11.3 Å². The number of ether oxygens (including phenoxy) is 1. The summed E-state index contributed by atoms with van der Waals surface area (Å²) in [6.45, 7) is 4.22. The average Bonchev–Trinajstić information content (AvgIpc) is 2.84. The van der Waals surface area contributed by atoms with E-state index in [1.165, 1.54) is 31.6 Å². The Morgan fingerprint density at radius 3 is 2.83 bits per heavy atom. The van der Waals surface area contributed by atoms with Crippen molar-refractivity contribution < 1.29 is 4.74 Å². The molecule has 4 heteroatoms. The molecule has 0 amide bonds. The van der Waals surface area contributed by atoms with Crippen LogP contribution in [0.4, 0.5) is 5.69 Å². The highest BCUT2D eigenvalue weighted by molar-refractivity contribution is 5.58. The fourth-order valence-corrected chi connectivity index (χ4v) is 3.16. The molecule has 0 bridgehead atoms. The summed E-state index contributed by atoms with van der Waals surface area (Å²) in [6.07, 6.45) is 8.35.